The molecule has 0 fully saturated rings. The highest BCUT2D eigenvalue weighted by molar-refractivity contribution is 9.10. The van der Waals surface area contributed by atoms with Crippen LogP contribution in [0.4, 0.5) is 0 Å². The first-order chi connectivity index (χ1) is 15.5. The fourth-order valence-electron chi connectivity index (χ4n) is 3.30. The zero-order valence-corrected chi connectivity index (χ0v) is 20.3. The van der Waals surface area contributed by atoms with Crippen molar-refractivity contribution in [2.45, 2.75) is 13.1 Å². The summed E-state index contributed by atoms with van der Waals surface area (Å²) in [5.74, 6) is 0.123. The van der Waals surface area contributed by atoms with Gasteiger partial charge in [-0.2, -0.15) is 9.13 Å². The van der Waals surface area contributed by atoms with E-state index in [0.717, 1.165) is 20.1 Å². The van der Waals surface area contributed by atoms with E-state index in [2.05, 4.69) is 31.9 Å². The van der Waals surface area contributed by atoms with Gasteiger partial charge in [0.1, 0.15) is 0 Å². The minimum absolute atomic E-state index is 0.0615. The molecule has 0 saturated heterocycles. The maximum Gasteiger partial charge on any atom is 0.227 e. The number of pyridine rings is 2. The molecule has 0 aliphatic heterocycles. The predicted molar refractivity (Wildman–Crippen MR) is 129 cm³/mol. The van der Waals surface area contributed by atoms with Crippen LogP contribution in [0.3, 0.4) is 0 Å². The van der Waals surface area contributed by atoms with Crippen LogP contribution in [0.2, 0.25) is 0 Å². The molecule has 0 bridgehead atoms. The molecule has 0 aliphatic rings. The number of rotatable bonds is 7. The van der Waals surface area contributed by atoms with Gasteiger partial charge in [0.2, 0.25) is 24.7 Å². The average molecular weight is 552 g/mol. The molecule has 32 heavy (non-hydrogen) atoms. The Morgan fingerprint density at radius 2 is 0.844 bits per heavy atom. The number of aromatic nitrogens is 2. The minimum Gasteiger partial charge on any atom is -0.287 e. The molecule has 6 heteroatoms. The SMILES string of the molecule is O=C(C[n+]1ccc(-c2cc[n+](CC(=O)c3ccc(Br)cc3)cc2)cc1)c1ccc(Br)cc1. The highest BCUT2D eigenvalue weighted by atomic mass is 79.9. The molecule has 0 unspecified atom stereocenters. The number of Topliss-reactive ketones (excluding diaryl/α,β-unsaturated/α-hetero) is 2. The lowest BCUT2D eigenvalue weighted by molar-refractivity contribution is -0.683. The quantitative estimate of drug-likeness (QED) is 0.233. The summed E-state index contributed by atoms with van der Waals surface area (Å²) >= 11 is 6.77. The molecule has 0 spiro atoms. The van der Waals surface area contributed by atoms with Crippen molar-refractivity contribution in [2.75, 3.05) is 0 Å². The Hall–Kier alpha value is -2.96. The van der Waals surface area contributed by atoms with Gasteiger partial charge in [0.15, 0.2) is 24.8 Å². The summed E-state index contributed by atoms with van der Waals surface area (Å²) in [4.78, 5) is 24.9. The lowest BCUT2D eigenvalue weighted by Crippen LogP contribution is -2.37. The third-order valence-corrected chi connectivity index (χ3v) is 6.16. The zero-order chi connectivity index (χ0) is 22.5. The molecule has 0 aliphatic carbocycles. The summed E-state index contributed by atoms with van der Waals surface area (Å²) in [5.41, 5.74) is 3.47. The van der Waals surface area contributed by atoms with Crippen molar-refractivity contribution < 1.29 is 18.7 Å². The van der Waals surface area contributed by atoms with E-state index in [9.17, 15) is 9.59 Å². The van der Waals surface area contributed by atoms with Crippen LogP contribution >= 0.6 is 31.9 Å². The number of carbonyl (C=O) groups is 2. The number of nitrogens with zero attached hydrogens (tertiary/aromatic N) is 2. The van der Waals surface area contributed by atoms with Crippen LogP contribution in [0.5, 0.6) is 0 Å². The highest BCUT2D eigenvalue weighted by Crippen LogP contribution is 2.16. The standard InChI is InChI=1S/C26H20Br2N2O2/c27-23-5-1-21(2-6-23)25(31)17-29-13-9-19(10-14-29)20-11-15-30(16-12-20)18-26(32)22-3-7-24(28)8-4-22/h1-16H,17-18H2/q+2. The van der Waals surface area contributed by atoms with Gasteiger partial charge in [0.25, 0.3) is 0 Å². The molecular weight excluding hydrogens is 532 g/mol. The predicted octanol–water partition coefficient (Wildman–Crippen LogP) is 5.22. The topological polar surface area (TPSA) is 41.9 Å². The third kappa shape index (κ3) is 5.64. The number of benzene rings is 2. The van der Waals surface area contributed by atoms with E-state index >= 15 is 0 Å². The van der Waals surface area contributed by atoms with Gasteiger partial charge in [-0.25, -0.2) is 0 Å². The van der Waals surface area contributed by atoms with E-state index in [4.69, 9.17) is 0 Å². The summed E-state index contributed by atoms with van der Waals surface area (Å²) in [7, 11) is 0. The van der Waals surface area contributed by atoms with Crippen molar-refractivity contribution in [3.8, 4) is 11.1 Å². The normalized spacial score (nSPS) is 10.7. The van der Waals surface area contributed by atoms with Gasteiger partial charge in [-0.05, 0) is 35.4 Å². The van der Waals surface area contributed by atoms with E-state index < -0.39 is 0 Å². The van der Waals surface area contributed by atoms with Gasteiger partial charge in [-0.1, -0.05) is 56.1 Å². The molecule has 0 radical (unpaired) electrons. The second kappa shape index (κ2) is 10.1. The first-order valence-corrected chi connectivity index (χ1v) is 11.6. The largest absolute Gasteiger partial charge is 0.287 e. The van der Waals surface area contributed by atoms with Gasteiger partial charge in [-0.15, -0.1) is 0 Å². The lowest BCUT2D eigenvalue weighted by Gasteiger charge is -2.02. The molecule has 2 aromatic heterocycles. The molecule has 4 nitrogen and oxygen atoms in total. The van der Waals surface area contributed by atoms with Crippen molar-refractivity contribution in [3.05, 3.63) is 118 Å². The lowest BCUT2D eigenvalue weighted by atomic mass is 10.1. The van der Waals surface area contributed by atoms with Gasteiger partial charge >= 0.3 is 0 Å². The Labute approximate surface area is 203 Å². The minimum atomic E-state index is 0.0615. The Morgan fingerprint density at radius 3 is 1.16 bits per heavy atom. The van der Waals surface area contributed by atoms with Gasteiger partial charge in [-0.3, -0.25) is 9.59 Å². The Kier molecular flexibility index (Phi) is 7.02. The number of halogens is 2. The van der Waals surface area contributed by atoms with Crippen molar-refractivity contribution in [3.63, 3.8) is 0 Å². The van der Waals surface area contributed by atoms with E-state index in [1.54, 1.807) is 0 Å². The van der Waals surface area contributed by atoms with Crippen LogP contribution in [0.1, 0.15) is 20.7 Å². The van der Waals surface area contributed by atoms with Gasteiger partial charge < -0.3 is 0 Å². The molecule has 0 atom stereocenters. The summed E-state index contributed by atoms with van der Waals surface area (Å²) in [6.45, 7) is 0.573. The summed E-state index contributed by atoms with van der Waals surface area (Å²) < 4.78 is 5.64. The van der Waals surface area contributed by atoms with Crippen molar-refractivity contribution in [1.29, 1.82) is 0 Å². The van der Waals surface area contributed by atoms with Gasteiger partial charge in [0.05, 0.1) is 0 Å². The van der Waals surface area contributed by atoms with E-state index in [-0.39, 0.29) is 24.7 Å². The first-order valence-electron chi connectivity index (χ1n) is 10.0. The molecule has 0 N–H and O–H groups in total. The second-order valence-electron chi connectivity index (χ2n) is 7.38. The number of hydrogen-bond acceptors (Lipinski definition) is 2. The van der Waals surface area contributed by atoms with Crippen LogP contribution in [0, 0.1) is 0 Å². The fourth-order valence-corrected chi connectivity index (χ4v) is 3.82. The third-order valence-electron chi connectivity index (χ3n) is 5.10. The van der Waals surface area contributed by atoms with Gasteiger partial charge in [0, 0.05) is 44.3 Å². The molecular formula is C26H20Br2N2O2+2. The maximum absolute atomic E-state index is 12.5. The molecule has 4 aromatic rings. The molecule has 0 saturated carbocycles. The smallest absolute Gasteiger partial charge is 0.227 e. The molecule has 2 aromatic carbocycles. The number of hydrogen-bond donors (Lipinski definition) is 0. The number of carbonyl (C=O) groups excluding carboxylic acids is 2. The Morgan fingerprint density at radius 1 is 0.531 bits per heavy atom. The fraction of sp³-hybridized carbons (Fsp3) is 0.0769. The van der Waals surface area contributed by atoms with E-state index in [1.165, 1.54) is 0 Å². The number of ketones is 2. The monoisotopic (exact) mass is 550 g/mol. The summed E-state index contributed by atoms with van der Waals surface area (Å²) in [6, 6.07) is 22.7. The van der Waals surface area contributed by atoms with E-state index in [1.807, 2.05) is 107 Å². The molecule has 2 heterocycles. The zero-order valence-electron chi connectivity index (χ0n) is 17.1. The highest BCUT2D eigenvalue weighted by Gasteiger charge is 2.14. The first kappa shape index (κ1) is 22.2. The molecule has 0 amide bonds. The van der Waals surface area contributed by atoms with E-state index in [0.29, 0.717) is 11.1 Å². The van der Waals surface area contributed by atoms with Crippen molar-refractivity contribution in [1.82, 2.24) is 0 Å². The van der Waals surface area contributed by atoms with Crippen LogP contribution in [-0.2, 0) is 13.1 Å². The summed E-state index contributed by atoms with van der Waals surface area (Å²) in [6.07, 6.45) is 7.63. The Bertz CT molecular complexity index is 1130. The van der Waals surface area contributed by atoms with Crippen molar-refractivity contribution in [2.24, 2.45) is 0 Å². The van der Waals surface area contributed by atoms with Crippen LogP contribution < -0.4 is 9.13 Å². The molecule has 4 rings (SSSR count). The van der Waals surface area contributed by atoms with Crippen LogP contribution in [-0.4, -0.2) is 11.6 Å². The summed E-state index contributed by atoms with van der Waals surface area (Å²) in [5, 5.41) is 0. The van der Waals surface area contributed by atoms with Crippen molar-refractivity contribution >= 4 is 43.4 Å². The molecule has 158 valence electrons. The second-order valence-corrected chi connectivity index (χ2v) is 9.21. The van der Waals surface area contributed by atoms with Crippen LogP contribution in [0.15, 0.2) is 107 Å². The average Bonchev–Trinajstić information content (AvgIpc) is 2.81. The Balaban J connectivity index is 1.39. The van der Waals surface area contributed by atoms with Crippen LogP contribution in [0.25, 0.3) is 11.1 Å². The maximum atomic E-state index is 12.5.